The van der Waals surface area contributed by atoms with Gasteiger partial charge in [-0.05, 0) is 48.7 Å². The Labute approximate surface area is 176 Å². The molecule has 0 radical (unpaired) electrons. The lowest BCUT2D eigenvalue weighted by Gasteiger charge is -2.06. The second kappa shape index (κ2) is 11.0. The smallest absolute Gasteiger partial charge is 0.269 e. The second-order valence-electron chi connectivity index (χ2n) is 6.30. The van der Waals surface area contributed by atoms with Gasteiger partial charge in [-0.2, -0.15) is 0 Å². The van der Waals surface area contributed by atoms with Crippen LogP contribution >= 0.6 is 0 Å². The highest BCUT2D eigenvalue weighted by Crippen LogP contribution is 2.17. The summed E-state index contributed by atoms with van der Waals surface area (Å²) in [4.78, 5) is 10.3. The van der Waals surface area contributed by atoms with Crippen molar-refractivity contribution in [2.45, 2.75) is 19.9 Å². The van der Waals surface area contributed by atoms with Gasteiger partial charge in [0, 0.05) is 24.3 Å². The fraction of sp³-hybridized carbons (Fsp3) is 0.227. The monoisotopic (exact) mass is 414 g/mol. The van der Waals surface area contributed by atoms with Gasteiger partial charge in [0.2, 0.25) is 0 Å². The Balaban J connectivity index is 0.00000300. The third-order valence-corrected chi connectivity index (χ3v) is 4.27. The number of rotatable bonds is 9. The van der Waals surface area contributed by atoms with E-state index in [4.69, 9.17) is 9.47 Å². The van der Waals surface area contributed by atoms with E-state index < -0.39 is 0 Å². The first-order valence-electron chi connectivity index (χ1n) is 9.21. The van der Waals surface area contributed by atoms with Crippen molar-refractivity contribution < 1.29 is 31.4 Å². The van der Waals surface area contributed by atoms with Gasteiger partial charge < -0.3 is 21.9 Å². The third kappa shape index (κ3) is 6.76. The van der Waals surface area contributed by atoms with Gasteiger partial charge in [0.05, 0.1) is 11.5 Å². The Kier molecular flexibility index (Phi) is 8.43. The van der Waals surface area contributed by atoms with Gasteiger partial charge in [0.15, 0.2) is 18.9 Å². The van der Waals surface area contributed by atoms with Crippen molar-refractivity contribution in [3.63, 3.8) is 0 Å². The van der Waals surface area contributed by atoms with Gasteiger partial charge in [0.25, 0.3) is 5.69 Å². The van der Waals surface area contributed by atoms with Crippen molar-refractivity contribution in [1.29, 1.82) is 0 Å². The number of nitro groups is 1. The van der Waals surface area contributed by atoms with E-state index in [0.29, 0.717) is 13.2 Å². The van der Waals surface area contributed by atoms with Gasteiger partial charge in [0.1, 0.15) is 18.1 Å². The molecule has 1 aromatic heterocycles. The molecule has 3 rings (SSSR count). The lowest BCUT2D eigenvalue weighted by atomic mass is 10.1. The number of non-ortho nitro benzene ring substituents is 1. The molecule has 0 aliphatic carbocycles. The topological polar surface area (TPSA) is 65.5 Å². The predicted molar refractivity (Wildman–Crippen MR) is 106 cm³/mol. The zero-order chi connectivity index (χ0) is 19.8. The molecule has 0 spiro atoms. The molecule has 0 unspecified atom stereocenters. The van der Waals surface area contributed by atoms with E-state index in [1.54, 1.807) is 12.1 Å². The number of halogens is 1. The standard InChI is InChI=1S/C22H23N2O4.ClH/c1-2-27-21-7-9-22(10-8-21)28-16-15-23-13-11-19(12-14-23)17-18-3-5-20(6-4-18)24(25)26;/h3-14H,2,15-17H2,1H3;1H/q+1;/p-1. The molecule has 2 aromatic carbocycles. The molecule has 0 N–H and O–H groups in total. The molecular formula is C22H23ClN2O4. The second-order valence-corrected chi connectivity index (χ2v) is 6.30. The maximum absolute atomic E-state index is 10.7. The molecule has 152 valence electrons. The lowest BCUT2D eigenvalue weighted by Crippen LogP contribution is -3.00. The van der Waals surface area contributed by atoms with Crippen LogP contribution in [0.4, 0.5) is 5.69 Å². The van der Waals surface area contributed by atoms with Crippen LogP contribution in [-0.4, -0.2) is 18.1 Å². The maximum Gasteiger partial charge on any atom is 0.269 e. The molecule has 3 aromatic rings. The van der Waals surface area contributed by atoms with E-state index in [0.717, 1.165) is 35.6 Å². The Hall–Kier alpha value is -3.12. The molecule has 0 fully saturated rings. The van der Waals surface area contributed by atoms with Crippen LogP contribution in [-0.2, 0) is 13.0 Å². The van der Waals surface area contributed by atoms with Crippen LogP contribution in [0.1, 0.15) is 18.1 Å². The lowest BCUT2D eigenvalue weighted by molar-refractivity contribution is -0.697. The first-order valence-corrected chi connectivity index (χ1v) is 9.21. The van der Waals surface area contributed by atoms with Gasteiger partial charge in [-0.15, -0.1) is 0 Å². The molecule has 0 aliphatic heterocycles. The minimum Gasteiger partial charge on any atom is -1.00 e. The summed E-state index contributed by atoms with van der Waals surface area (Å²) < 4.78 is 13.2. The summed E-state index contributed by atoms with van der Waals surface area (Å²) >= 11 is 0. The summed E-state index contributed by atoms with van der Waals surface area (Å²) in [5.74, 6) is 1.66. The molecule has 7 heteroatoms. The van der Waals surface area contributed by atoms with Crippen LogP contribution in [0.2, 0.25) is 0 Å². The average Bonchev–Trinajstić information content (AvgIpc) is 2.71. The Morgan fingerprint density at radius 1 is 0.862 bits per heavy atom. The zero-order valence-electron chi connectivity index (χ0n) is 16.2. The summed E-state index contributed by atoms with van der Waals surface area (Å²) in [7, 11) is 0. The van der Waals surface area contributed by atoms with Gasteiger partial charge >= 0.3 is 0 Å². The minimum absolute atomic E-state index is 0. The van der Waals surface area contributed by atoms with Crippen LogP contribution in [0.15, 0.2) is 73.1 Å². The molecule has 0 amide bonds. The van der Waals surface area contributed by atoms with Gasteiger partial charge in [-0.1, -0.05) is 12.1 Å². The van der Waals surface area contributed by atoms with Crippen molar-refractivity contribution >= 4 is 5.69 Å². The molecule has 29 heavy (non-hydrogen) atoms. The zero-order valence-corrected chi connectivity index (χ0v) is 16.9. The molecule has 0 saturated heterocycles. The van der Waals surface area contributed by atoms with Crippen molar-refractivity contribution in [3.05, 3.63) is 94.3 Å². The van der Waals surface area contributed by atoms with Crippen molar-refractivity contribution in [1.82, 2.24) is 0 Å². The number of nitrogens with zero attached hydrogens (tertiary/aromatic N) is 2. The van der Waals surface area contributed by atoms with Crippen LogP contribution in [0.3, 0.4) is 0 Å². The van der Waals surface area contributed by atoms with Crippen molar-refractivity contribution in [3.8, 4) is 11.5 Å². The highest BCUT2D eigenvalue weighted by Gasteiger charge is 2.06. The normalized spacial score (nSPS) is 10.1. The van der Waals surface area contributed by atoms with Gasteiger partial charge in [-0.3, -0.25) is 10.1 Å². The number of pyridine rings is 1. The minimum atomic E-state index is -0.384. The number of aromatic nitrogens is 1. The number of nitro benzene ring substituents is 1. The van der Waals surface area contributed by atoms with E-state index in [1.165, 1.54) is 12.1 Å². The highest BCUT2D eigenvalue weighted by molar-refractivity contribution is 5.35. The Bertz CT molecular complexity index is 898. The fourth-order valence-corrected chi connectivity index (χ4v) is 2.79. The quantitative estimate of drug-likeness (QED) is 0.297. The SMILES string of the molecule is CCOc1ccc(OCC[n+]2ccc(Cc3ccc([N+](=O)[O-])cc3)cc2)cc1.[Cl-]. The van der Waals surface area contributed by atoms with Crippen LogP contribution in [0.25, 0.3) is 0 Å². The maximum atomic E-state index is 10.7. The van der Waals surface area contributed by atoms with E-state index in [1.807, 2.05) is 43.6 Å². The molecule has 0 bridgehead atoms. The summed E-state index contributed by atoms with van der Waals surface area (Å²) in [6.07, 6.45) is 4.77. The third-order valence-electron chi connectivity index (χ3n) is 4.27. The Morgan fingerprint density at radius 2 is 1.41 bits per heavy atom. The fourth-order valence-electron chi connectivity index (χ4n) is 2.79. The van der Waals surface area contributed by atoms with Crippen LogP contribution < -0.4 is 26.4 Å². The summed E-state index contributed by atoms with van der Waals surface area (Å²) in [6, 6.07) is 18.4. The van der Waals surface area contributed by atoms with Crippen molar-refractivity contribution in [2.24, 2.45) is 0 Å². The number of ether oxygens (including phenoxy) is 2. The summed E-state index contributed by atoms with van der Waals surface area (Å²) in [5.41, 5.74) is 2.31. The van der Waals surface area contributed by atoms with Gasteiger partial charge in [-0.25, -0.2) is 4.57 Å². The molecule has 1 heterocycles. The molecule has 0 aliphatic rings. The van der Waals surface area contributed by atoms with E-state index in [2.05, 4.69) is 16.7 Å². The van der Waals surface area contributed by atoms with E-state index >= 15 is 0 Å². The largest absolute Gasteiger partial charge is 1.00 e. The number of hydrogen-bond acceptors (Lipinski definition) is 4. The van der Waals surface area contributed by atoms with Crippen LogP contribution in [0.5, 0.6) is 11.5 Å². The van der Waals surface area contributed by atoms with E-state index in [-0.39, 0.29) is 23.0 Å². The average molecular weight is 415 g/mol. The number of benzene rings is 2. The first-order chi connectivity index (χ1) is 13.6. The molecule has 6 nitrogen and oxygen atoms in total. The Morgan fingerprint density at radius 3 is 1.97 bits per heavy atom. The van der Waals surface area contributed by atoms with Crippen molar-refractivity contribution in [2.75, 3.05) is 13.2 Å². The molecule has 0 atom stereocenters. The highest BCUT2D eigenvalue weighted by atomic mass is 35.5. The predicted octanol–water partition coefficient (Wildman–Crippen LogP) is 0.955. The molecular weight excluding hydrogens is 392 g/mol. The summed E-state index contributed by atoms with van der Waals surface area (Å²) in [6.45, 7) is 3.92. The first kappa shape index (κ1) is 22.2. The van der Waals surface area contributed by atoms with Crippen LogP contribution in [0, 0.1) is 10.1 Å². The van der Waals surface area contributed by atoms with E-state index in [9.17, 15) is 10.1 Å². The number of hydrogen-bond donors (Lipinski definition) is 0. The summed E-state index contributed by atoms with van der Waals surface area (Å²) in [5, 5.41) is 10.7. The molecule has 0 saturated carbocycles.